The predicted molar refractivity (Wildman–Crippen MR) is 80.0 cm³/mol. The van der Waals surface area contributed by atoms with Gasteiger partial charge < -0.3 is 9.67 Å². The summed E-state index contributed by atoms with van der Waals surface area (Å²) in [6.45, 7) is 8.42. The molecule has 0 spiro atoms. The van der Waals surface area contributed by atoms with E-state index in [1.165, 1.54) is 0 Å². The fourth-order valence-electron chi connectivity index (χ4n) is 2.43. The molecule has 2 aromatic rings. The summed E-state index contributed by atoms with van der Waals surface area (Å²) < 4.78 is 2.14. The molecule has 0 aliphatic rings. The number of carboxylic acids is 1. The maximum absolute atomic E-state index is 10.8. The number of imidazole rings is 1. The van der Waals surface area contributed by atoms with Crippen LogP contribution in [0, 0.1) is 0 Å². The summed E-state index contributed by atoms with van der Waals surface area (Å²) >= 11 is 0. The third-order valence-corrected chi connectivity index (χ3v) is 3.88. The molecular formula is C16H22N2O2. The van der Waals surface area contributed by atoms with Gasteiger partial charge in [0.05, 0.1) is 17.4 Å². The van der Waals surface area contributed by atoms with Crippen molar-refractivity contribution in [3.05, 3.63) is 30.1 Å². The van der Waals surface area contributed by atoms with Crippen molar-refractivity contribution in [2.75, 3.05) is 0 Å². The lowest BCUT2D eigenvalue weighted by Gasteiger charge is -2.24. The molecule has 1 aromatic carbocycles. The molecular weight excluding hydrogens is 252 g/mol. The van der Waals surface area contributed by atoms with E-state index in [0.717, 1.165) is 16.6 Å². The van der Waals surface area contributed by atoms with Crippen molar-refractivity contribution in [2.24, 2.45) is 0 Å². The molecule has 4 nitrogen and oxygen atoms in total. The highest BCUT2D eigenvalue weighted by molar-refractivity contribution is 5.76. The fourth-order valence-corrected chi connectivity index (χ4v) is 2.43. The highest BCUT2D eigenvalue weighted by Crippen LogP contribution is 2.31. The van der Waals surface area contributed by atoms with Crippen molar-refractivity contribution in [2.45, 2.75) is 52.0 Å². The first-order valence-corrected chi connectivity index (χ1v) is 7.00. The SMILES string of the molecule is CC(C)n1cnc2cc(C(C)(C)CCC(=O)O)ccc21. The van der Waals surface area contributed by atoms with E-state index in [-0.39, 0.29) is 11.8 Å². The van der Waals surface area contributed by atoms with Crippen LogP contribution in [0.15, 0.2) is 24.5 Å². The Hall–Kier alpha value is -1.84. The lowest BCUT2D eigenvalue weighted by molar-refractivity contribution is -0.137. The molecule has 0 saturated heterocycles. The second-order valence-corrected chi connectivity index (χ2v) is 6.23. The molecule has 4 heteroatoms. The summed E-state index contributed by atoms with van der Waals surface area (Å²) in [7, 11) is 0. The summed E-state index contributed by atoms with van der Waals surface area (Å²) in [6.07, 6.45) is 2.67. The van der Waals surface area contributed by atoms with Crippen LogP contribution in [0.3, 0.4) is 0 Å². The predicted octanol–water partition coefficient (Wildman–Crippen LogP) is 3.76. The monoisotopic (exact) mass is 274 g/mol. The summed E-state index contributed by atoms with van der Waals surface area (Å²) in [4.78, 5) is 15.2. The lowest BCUT2D eigenvalue weighted by Crippen LogP contribution is -2.18. The quantitative estimate of drug-likeness (QED) is 0.903. The highest BCUT2D eigenvalue weighted by atomic mass is 16.4. The number of aromatic nitrogens is 2. The number of hydrogen-bond acceptors (Lipinski definition) is 2. The van der Waals surface area contributed by atoms with E-state index in [4.69, 9.17) is 5.11 Å². The van der Waals surface area contributed by atoms with Crippen LogP contribution in [-0.4, -0.2) is 20.6 Å². The summed E-state index contributed by atoms with van der Waals surface area (Å²) in [5.74, 6) is -0.747. The average Bonchev–Trinajstić information content (AvgIpc) is 2.79. The molecule has 20 heavy (non-hydrogen) atoms. The Kier molecular flexibility index (Phi) is 3.84. The van der Waals surface area contributed by atoms with Crippen LogP contribution < -0.4 is 0 Å². The zero-order valence-electron chi connectivity index (χ0n) is 12.6. The van der Waals surface area contributed by atoms with Gasteiger partial charge in [0, 0.05) is 12.5 Å². The second-order valence-electron chi connectivity index (χ2n) is 6.23. The van der Waals surface area contributed by atoms with Crippen molar-refractivity contribution < 1.29 is 9.90 Å². The van der Waals surface area contributed by atoms with Gasteiger partial charge >= 0.3 is 5.97 Å². The van der Waals surface area contributed by atoms with E-state index in [2.05, 4.69) is 55.4 Å². The number of rotatable bonds is 5. The van der Waals surface area contributed by atoms with Crippen molar-refractivity contribution in [3.63, 3.8) is 0 Å². The van der Waals surface area contributed by atoms with Gasteiger partial charge in [0.25, 0.3) is 0 Å². The Morgan fingerprint density at radius 3 is 2.70 bits per heavy atom. The van der Waals surface area contributed by atoms with Crippen LogP contribution >= 0.6 is 0 Å². The first-order valence-electron chi connectivity index (χ1n) is 7.00. The van der Waals surface area contributed by atoms with Crippen LogP contribution in [0.25, 0.3) is 11.0 Å². The van der Waals surface area contributed by atoms with E-state index in [1.807, 2.05) is 6.33 Å². The molecule has 0 amide bonds. The van der Waals surface area contributed by atoms with Crippen LogP contribution in [0.2, 0.25) is 0 Å². The Bertz CT molecular complexity index is 626. The van der Waals surface area contributed by atoms with E-state index < -0.39 is 5.97 Å². The van der Waals surface area contributed by atoms with Gasteiger partial charge in [-0.05, 0) is 43.4 Å². The van der Waals surface area contributed by atoms with E-state index in [1.54, 1.807) is 0 Å². The highest BCUT2D eigenvalue weighted by Gasteiger charge is 2.22. The third-order valence-electron chi connectivity index (χ3n) is 3.88. The Balaban J connectivity index is 2.34. The second kappa shape index (κ2) is 5.27. The lowest BCUT2D eigenvalue weighted by atomic mass is 9.80. The summed E-state index contributed by atoms with van der Waals surface area (Å²) in [5.41, 5.74) is 3.08. The number of hydrogen-bond donors (Lipinski definition) is 1. The van der Waals surface area contributed by atoms with Crippen LogP contribution in [0.1, 0.15) is 52.1 Å². The minimum absolute atomic E-state index is 0.159. The number of carbonyl (C=O) groups is 1. The normalized spacial score (nSPS) is 12.2. The van der Waals surface area contributed by atoms with Crippen LogP contribution in [0.4, 0.5) is 0 Å². The molecule has 1 N–H and O–H groups in total. The van der Waals surface area contributed by atoms with Crippen molar-refractivity contribution in [1.82, 2.24) is 9.55 Å². The molecule has 1 aromatic heterocycles. The van der Waals surface area contributed by atoms with Crippen LogP contribution in [-0.2, 0) is 10.2 Å². The van der Waals surface area contributed by atoms with E-state index in [9.17, 15) is 4.79 Å². The smallest absolute Gasteiger partial charge is 0.303 e. The maximum Gasteiger partial charge on any atom is 0.303 e. The summed E-state index contributed by atoms with van der Waals surface area (Å²) in [6, 6.07) is 6.63. The average molecular weight is 274 g/mol. The topological polar surface area (TPSA) is 55.1 Å². The first kappa shape index (κ1) is 14.6. The van der Waals surface area contributed by atoms with Gasteiger partial charge in [-0.2, -0.15) is 0 Å². The van der Waals surface area contributed by atoms with Crippen molar-refractivity contribution in [3.8, 4) is 0 Å². The zero-order valence-corrected chi connectivity index (χ0v) is 12.6. The standard InChI is InChI=1S/C16H22N2O2/c1-11(2)18-10-17-13-9-12(5-6-14(13)18)16(3,4)8-7-15(19)20/h5-6,9-11H,7-8H2,1-4H3,(H,19,20). The van der Waals surface area contributed by atoms with Gasteiger partial charge in [-0.3, -0.25) is 4.79 Å². The van der Waals surface area contributed by atoms with Gasteiger partial charge in [0.1, 0.15) is 0 Å². The number of fused-ring (bicyclic) bond motifs is 1. The fraction of sp³-hybridized carbons (Fsp3) is 0.500. The number of aliphatic carboxylic acids is 1. The molecule has 0 fully saturated rings. The summed E-state index contributed by atoms with van der Waals surface area (Å²) in [5, 5.41) is 8.84. The van der Waals surface area contributed by atoms with Gasteiger partial charge in [-0.25, -0.2) is 4.98 Å². The minimum atomic E-state index is -0.747. The molecule has 0 saturated carbocycles. The number of benzene rings is 1. The first-order chi connectivity index (χ1) is 9.31. The Morgan fingerprint density at radius 2 is 2.10 bits per heavy atom. The van der Waals surface area contributed by atoms with E-state index in [0.29, 0.717) is 12.5 Å². The molecule has 0 bridgehead atoms. The van der Waals surface area contributed by atoms with Gasteiger partial charge in [-0.15, -0.1) is 0 Å². The molecule has 0 unspecified atom stereocenters. The Morgan fingerprint density at radius 1 is 1.40 bits per heavy atom. The molecule has 0 radical (unpaired) electrons. The molecule has 0 aliphatic carbocycles. The van der Waals surface area contributed by atoms with Crippen LogP contribution in [0.5, 0.6) is 0 Å². The zero-order chi connectivity index (χ0) is 14.9. The largest absolute Gasteiger partial charge is 0.481 e. The van der Waals surface area contributed by atoms with Gasteiger partial charge in [0.15, 0.2) is 0 Å². The molecule has 1 heterocycles. The van der Waals surface area contributed by atoms with E-state index >= 15 is 0 Å². The number of nitrogens with zero attached hydrogens (tertiary/aromatic N) is 2. The maximum atomic E-state index is 10.8. The molecule has 0 aliphatic heterocycles. The third kappa shape index (κ3) is 2.84. The molecule has 0 atom stereocenters. The van der Waals surface area contributed by atoms with Crippen molar-refractivity contribution >= 4 is 17.0 Å². The van der Waals surface area contributed by atoms with Gasteiger partial charge in [-0.1, -0.05) is 19.9 Å². The van der Waals surface area contributed by atoms with Gasteiger partial charge in [0.2, 0.25) is 0 Å². The van der Waals surface area contributed by atoms with Crippen molar-refractivity contribution in [1.29, 1.82) is 0 Å². The molecule has 2 rings (SSSR count). The Labute approximate surface area is 119 Å². The number of carboxylic acid groups (broad SMARTS) is 1. The minimum Gasteiger partial charge on any atom is -0.481 e. The molecule has 108 valence electrons.